The molecule has 0 saturated heterocycles. The molecule has 4 nitrogen and oxygen atoms in total. The third-order valence-electron chi connectivity index (χ3n) is 0.886. The van der Waals surface area contributed by atoms with Crippen LogP contribution >= 0.6 is 0 Å². The van der Waals surface area contributed by atoms with Gasteiger partial charge in [-0.1, -0.05) is 0 Å². The van der Waals surface area contributed by atoms with Crippen molar-refractivity contribution in [2.24, 2.45) is 0 Å². The molecule has 56 valence electrons. The van der Waals surface area contributed by atoms with Gasteiger partial charge in [-0.05, 0) is 0 Å². The average molecular weight is 168 g/mol. The number of aromatic hydroxyl groups is 1. The molecule has 0 atom stereocenters. The Morgan fingerprint density at radius 3 is 2.73 bits per heavy atom. The second-order valence-corrected chi connectivity index (χ2v) is 1.53. The number of hydrogen-bond acceptors (Lipinski definition) is 4. The van der Waals surface area contributed by atoms with E-state index in [1.165, 1.54) is 7.11 Å². The van der Waals surface area contributed by atoms with Crippen LogP contribution in [0.15, 0.2) is 6.20 Å². The summed E-state index contributed by atoms with van der Waals surface area (Å²) in [4.78, 5) is 6.63. The zero-order valence-electron chi connectivity index (χ0n) is 5.21. The topological polar surface area (TPSA) is 55.2 Å². The van der Waals surface area contributed by atoms with Gasteiger partial charge in [0.15, 0.2) is 0 Å². The molecular weight excluding hydrogens is 162 g/mol. The minimum atomic E-state index is -0.860. The summed E-state index contributed by atoms with van der Waals surface area (Å²) in [7, 11) is 1.33. The van der Waals surface area contributed by atoms with E-state index < -0.39 is 11.7 Å². The van der Waals surface area contributed by atoms with Gasteiger partial charge in [0.2, 0.25) is 5.82 Å². The van der Waals surface area contributed by atoms with Crippen LogP contribution in [0.2, 0.25) is 0 Å². The molecule has 1 rings (SSSR count). The van der Waals surface area contributed by atoms with E-state index in [1.54, 1.807) is 0 Å². The Hall–Kier alpha value is -0.390. The van der Waals surface area contributed by atoms with Crippen molar-refractivity contribution in [3.8, 4) is 11.9 Å². The Kier molecular flexibility index (Phi) is 4.32. The molecule has 0 unspecified atom stereocenters. The molecule has 1 aromatic rings. The first kappa shape index (κ1) is 10.6. The van der Waals surface area contributed by atoms with Crippen LogP contribution in [0, 0.1) is 5.82 Å². The Morgan fingerprint density at radius 1 is 1.64 bits per heavy atom. The molecule has 1 heterocycles. The first-order chi connectivity index (χ1) is 4.74. The van der Waals surface area contributed by atoms with Gasteiger partial charge >= 0.3 is 35.6 Å². The fourth-order valence-corrected chi connectivity index (χ4v) is 0.441. The van der Waals surface area contributed by atoms with Crippen LogP contribution in [-0.2, 0) is 0 Å². The predicted octanol–water partition coefficient (Wildman–Crippen LogP) is -0.319. The number of aromatic nitrogens is 2. The molecule has 1 aromatic heterocycles. The van der Waals surface area contributed by atoms with E-state index >= 15 is 0 Å². The molecule has 0 aliphatic heterocycles. The Labute approximate surface area is 84.7 Å². The summed E-state index contributed by atoms with van der Waals surface area (Å²) >= 11 is 0. The van der Waals surface area contributed by atoms with Crippen molar-refractivity contribution < 1.29 is 14.2 Å². The van der Waals surface area contributed by atoms with Crippen LogP contribution in [-0.4, -0.2) is 51.7 Å². The Balaban J connectivity index is 0.000001000. The number of nitrogens with zero attached hydrogens (tertiary/aromatic N) is 2. The van der Waals surface area contributed by atoms with Crippen molar-refractivity contribution >= 4 is 29.6 Å². The van der Waals surface area contributed by atoms with Gasteiger partial charge in [-0.15, -0.1) is 0 Å². The van der Waals surface area contributed by atoms with Crippen LogP contribution < -0.4 is 4.74 Å². The van der Waals surface area contributed by atoms with E-state index in [-0.39, 0.29) is 35.6 Å². The number of ether oxygens (including phenoxy) is 1. The number of rotatable bonds is 1. The molecule has 0 aromatic carbocycles. The van der Waals surface area contributed by atoms with E-state index in [2.05, 4.69) is 14.7 Å². The average Bonchev–Trinajstić information content (AvgIpc) is 1.95. The summed E-state index contributed by atoms with van der Waals surface area (Å²) in [5.41, 5.74) is 0. The molecule has 0 saturated carbocycles. The summed E-state index contributed by atoms with van der Waals surface area (Å²) in [6.07, 6.45) is 0.834. The predicted molar refractivity (Wildman–Crippen MR) is 37.4 cm³/mol. The summed E-state index contributed by atoms with van der Waals surface area (Å²) in [5, 5.41) is 8.63. The Morgan fingerprint density at radius 2 is 2.27 bits per heavy atom. The van der Waals surface area contributed by atoms with Crippen molar-refractivity contribution in [1.82, 2.24) is 9.97 Å². The minimum absolute atomic E-state index is 0. The van der Waals surface area contributed by atoms with Gasteiger partial charge in [0.05, 0.1) is 13.3 Å². The molecular formula is C5H6FN2NaO2. The van der Waals surface area contributed by atoms with Crippen molar-refractivity contribution in [2.45, 2.75) is 0 Å². The van der Waals surface area contributed by atoms with Crippen LogP contribution in [0.1, 0.15) is 0 Å². The number of methoxy groups -OCH3 is 1. The second kappa shape index (κ2) is 4.48. The summed E-state index contributed by atoms with van der Waals surface area (Å²) in [6.45, 7) is 0. The van der Waals surface area contributed by atoms with Crippen LogP contribution in [0.3, 0.4) is 0 Å². The van der Waals surface area contributed by atoms with E-state index in [9.17, 15) is 4.39 Å². The zero-order chi connectivity index (χ0) is 7.56. The van der Waals surface area contributed by atoms with Gasteiger partial charge in [-0.2, -0.15) is 9.37 Å². The molecule has 0 aliphatic rings. The molecule has 0 amide bonds. The molecule has 0 spiro atoms. The third kappa shape index (κ3) is 2.61. The van der Waals surface area contributed by atoms with Gasteiger partial charge in [-0.3, -0.25) is 0 Å². The normalized spacial score (nSPS) is 8.55. The number of hydrogen-bond donors (Lipinski definition) is 1. The standard InChI is InChI=1S/C5H5FN2O2.Na.H/c1-10-5-7-2-3(6)4(9)8-5;;/h2H,1H3,(H,7,8,9);;. The van der Waals surface area contributed by atoms with Crippen molar-refractivity contribution in [2.75, 3.05) is 7.11 Å². The quantitative estimate of drug-likeness (QED) is 0.584. The first-order valence-corrected chi connectivity index (χ1v) is 2.49. The van der Waals surface area contributed by atoms with Gasteiger partial charge < -0.3 is 9.84 Å². The number of halogens is 1. The van der Waals surface area contributed by atoms with Gasteiger partial charge in [0, 0.05) is 0 Å². The second-order valence-electron chi connectivity index (χ2n) is 1.53. The SMILES string of the molecule is COc1ncc(F)c(O)n1.[NaH]. The maximum absolute atomic E-state index is 12.2. The van der Waals surface area contributed by atoms with Crippen molar-refractivity contribution in [3.05, 3.63) is 12.0 Å². The van der Waals surface area contributed by atoms with Gasteiger partial charge in [0.25, 0.3) is 5.88 Å². The van der Waals surface area contributed by atoms with Crippen molar-refractivity contribution in [3.63, 3.8) is 0 Å². The Bertz CT molecular complexity index is 246. The summed E-state index contributed by atoms with van der Waals surface area (Å²) < 4.78 is 16.7. The molecule has 0 aliphatic carbocycles. The summed E-state index contributed by atoms with van der Waals surface area (Å²) in [6, 6.07) is -0.0566. The van der Waals surface area contributed by atoms with E-state index in [1.807, 2.05) is 0 Å². The molecule has 0 radical (unpaired) electrons. The van der Waals surface area contributed by atoms with E-state index in [0.717, 1.165) is 6.20 Å². The first-order valence-electron chi connectivity index (χ1n) is 2.49. The van der Waals surface area contributed by atoms with Crippen LogP contribution in [0.25, 0.3) is 0 Å². The van der Waals surface area contributed by atoms with Crippen molar-refractivity contribution in [1.29, 1.82) is 0 Å². The maximum atomic E-state index is 12.2. The van der Waals surface area contributed by atoms with Gasteiger partial charge in [-0.25, -0.2) is 4.98 Å². The monoisotopic (exact) mass is 168 g/mol. The third-order valence-corrected chi connectivity index (χ3v) is 0.886. The molecule has 0 bridgehead atoms. The molecule has 1 N–H and O–H groups in total. The van der Waals surface area contributed by atoms with Gasteiger partial charge in [0.1, 0.15) is 0 Å². The van der Waals surface area contributed by atoms with E-state index in [0.29, 0.717) is 0 Å². The van der Waals surface area contributed by atoms with Crippen LogP contribution in [0.4, 0.5) is 4.39 Å². The molecule has 0 fully saturated rings. The van der Waals surface area contributed by atoms with Crippen LogP contribution in [0.5, 0.6) is 11.9 Å². The molecule has 11 heavy (non-hydrogen) atoms. The van der Waals surface area contributed by atoms with E-state index in [4.69, 9.17) is 5.11 Å². The summed E-state index contributed by atoms with van der Waals surface area (Å²) in [5.74, 6) is -1.56. The molecule has 6 heteroatoms. The fraction of sp³-hybridized carbons (Fsp3) is 0.200. The fourth-order valence-electron chi connectivity index (χ4n) is 0.441. The zero-order valence-corrected chi connectivity index (χ0v) is 5.21.